The minimum absolute atomic E-state index is 0.219. The lowest BCUT2D eigenvalue weighted by molar-refractivity contribution is 0.0952. The third-order valence-electron chi connectivity index (χ3n) is 4.14. The highest BCUT2D eigenvalue weighted by Crippen LogP contribution is 2.24. The van der Waals surface area contributed by atoms with Crippen LogP contribution in [0.25, 0.3) is 0 Å². The number of carbonyl (C=O) groups excluding carboxylic acids is 1. The Labute approximate surface area is 139 Å². The summed E-state index contributed by atoms with van der Waals surface area (Å²) < 4.78 is 27.0. The molecule has 23 heavy (non-hydrogen) atoms. The third kappa shape index (κ3) is 4.32. The molecular weight excluding hydrogens is 312 g/mol. The van der Waals surface area contributed by atoms with Gasteiger partial charge in [-0.1, -0.05) is 19.9 Å². The van der Waals surface area contributed by atoms with Gasteiger partial charge in [-0.05, 0) is 49.8 Å². The van der Waals surface area contributed by atoms with Gasteiger partial charge in [0.1, 0.15) is 0 Å². The minimum Gasteiger partial charge on any atom is -0.352 e. The molecule has 0 aromatic heterocycles. The number of sulfonamides is 1. The Balaban J connectivity index is 2.20. The van der Waals surface area contributed by atoms with Crippen LogP contribution in [0.4, 0.5) is 0 Å². The Morgan fingerprint density at radius 1 is 1.26 bits per heavy atom. The summed E-state index contributed by atoms with van der Waals surface area (Å²) >= 11 is 0. The first-order valence-corrected chi connectivity index (χ1v) is 9.65. The van der Waals surface area contributed by atoms with E-state index in [0.717, 1.165) is 19.3 Å². The van der Waals surface area contributed by atoms with E-state index in [1.807, 2.05) is 0 Å². The highest BCUT2D eigenvalue weighted by Gasteiger charge is 2.29. The number of carbonyl (C=O) groups is 1. The van der Waals surface area contributed by atoms with Gasteiger partial charge < -0.3 is 5.32 Å². The van der Waals surface area contributed by atoms with Crippen molar-refractivity contribution in [2.45, 2.75) is 44.9 Å². The summed E-state index contributed by atoms with van der Waals surface area (Å²) in [5, 5.41) is 2.85. The van der Waals surface area contributed by atoms with Gasteiger partial charge >= 0.3 is 0 Å². The second kappa shape index (κ2) is 7.45. The van der Waals surface area contributed by atoms with E-state index in [1.165, 1.54) is 10.4 Å². The summed E-state index contributed by atoms with van der Waals surface area (Å²) in [6.07, 6.45) is 2.69. The second-order valence-corrected chi connectivity index (χ2v) is 8.44. The summed E-state index contributed by atoms with van der Waals surface area (Å²) in [5.41, 5.74) is 1.08. The van der Waals surface area contributed by atoms with Crippen LogP contribution in [0.1, 0.15) is 49.0 Å². The van der Waals surface area contributed by atoms with Crippen LogP contribution in [-0.2, 0) is 10.0 Å². The molecule has 1 aliphatic heterocycles. The van der Waals surface area contributed by atoms with Crippen molar-refractivity contribution < 1.29 is 13.2 Å². The van der Waals surface area contributed by atoms with E-state index in [1.54, 1.807) is 19.1 Å². The van der Waals surface area contributed by atoms with Crippen LogP contribution in [0.15, 0.2) is 23.1 Å². The van der Waals surface area contributed by atoms with Crippen molar-refractivity contribution in [3.05, 3.63) is 29.3 Å². The minimum atomic E-state index is -3.51. The van der Waals surface area contributed by atoms with Crippen LogP contribution in [0, 0.1) is 12.8 Å². The molecule has 1 aromatic carbocycles. The molecule has 1 amide bonds. The maximum atomic E-state index is 12.7. The zero-order valence-electron chi connectivity index (χ0n) is 14.1. The van der Waals surface area contributed by atoms with Gasteiger partial charge in [-0.3, -0.25) is 4.79 Å². The van der Waals surface area contributed by atoms with Crippen molar-refractivity contribution in [1.29, 1.82) is 0 Å². The van der Waals surface area contributed by atoms with E-state index in [-0.39, 0.29) is 10.8 Å². The van der Waals surface area contributed by atoms with E-state index < -0.39 is 10.0 Å². The van der Waals surface area contributed by atoms with E-state index in [9.17, 15) is 13.2 Å². The van der Waals surface area contributed by atoms with Crippen molar-refractivity contribution in [3.8, 4) is 0 Å². The Morgan fingerprint density at radius 3 is 2.52 bits per heavy atom. The predicted octanol–water partition coefficient (Wildman–Crippen LogP) is 2.56. The van der Waals surface area contributed by atoms with Crippen LogP contribution in [0.3, 0.4) is 0 Å². The molecule has 2 rings (SSSR count). The standard InChI is InChI=1S/C17H26N2O3S/c1-13(2)8-9-18-17(20)15-7-6-14(3)16(12-15)23(21,22)19-10-4-5-11-19/h6-7,12-13H,4-5,8-11H2,1-3H3,(H,18,20). The summed E-state index contributed by atoms with van der Waals surface area (Å²) in [4.78, 5) is 12.5. The monoisotopic (exact) mass is 338 g/mol. The number of benzene rings is 1. The first kappa shape index (κ1) is 17.9. The lowest BCUT2D eigenvalue weighted by Gasteiger charge is -2.18. The average Bonchev–Trinajstić information content (AvgIpc) is 3.02. The maximum absolute atomic E-state index is 12.7. The number of aryl methyl sites for hydroxylation is 1. The first-order valence-electron chi connectivity index (χ1n) is 8.21. The molecule has 0 atom stereocenters. The molecule has 128 valence electrons. The van der Waals surface area contributed by atoms with E-state index in [4.69, 9.17) is 0 Å². The zero-order valence-corrected chi connectivity index (χ0v) is 14.9. The maximum Gasteiger partial charge on any atom is 0.251 e. The molecule has 0 bridgehead atoms. The molecule has 0 saturated carbocycles. The van der Waals surface area contributed by atoms with Gasteiger partial charge in [0, 0.05) is 25.2 Å². The topological polar surface area (TPSA) is 66.5 Å². The Bertz CT molecular complexity index is 662. The number of nitrogens with one attached hydrogen (secondary N) is 1. The van der Waals surface area contributed by atoms with Gasteiger partial charge in [-0.25, -0.2) is 8.42 Å². The van der Waals surface area contributed by atoms with Crippen molar-refractivity contribution in [2.24, 2.45) is 5.92 Å². The van der Waals surface area contributed by atoms with Crippen LogP contribution in [0.2, 0.25) is 0 Å². The Hall–Kier alpha value is -1.40. The quantitative estimate of drug-likeness (QED) is 0.867. The molecule has 1 fully saturated rings. The fraction of sp³-hybridized carbons (Fsp3) is 0.588. The Kier molecular flexibility index (Phi) is 5.81. The number of hydrogen-bond acceptors (Lipinski definition) is 3. The number of nitrogens with zero attached hydrogens (tertiary/aromatic N) is 1. The van der Waals surface area contributed by atoms with Crippen LogP contribution < -0.4 is 5.32 Å². The fourth-order valence-electron chi connectivity index (χ4n) is 2.66. The van der Waals surface area contributed by atoms with E-state index >= 15 is 0 Å². The lowest BCUT2D eigenvalue weighted by atomic mass is 10.1. The summed E-state index contributed by atoms with van der Waals surface area (Å²) in [6.45, 7) is 7.68. The Morgan fingerprint density at radius 2 is 1.91 bits per heavy atom. The van der Waals surface area contributed by atoms with Crippen LogP contribution in [-0.4, -0.2) is 38.3 Å². The first-order chi connectivity index (χ1) is 10.8. The normalized spacial score (nSPS) is 16.0. The summed E-state index contributed by atoms with van der Waals surface area (Å²) in [6, 6.07) is 4.90. The highest BCUT2D eigenvalue weighted by atomic mass is 32.2. The third-order valence-corrected chi connectivity index (χ3v) is 6.18. The molecule has 0 spiro atoms. The molecule has 1 aromatic rings. The van der Waals surface area contributed by atoms with Crippen LogP contribution >= 0.6 is 0 Å². The fourth-order valence-corrected chi connectivity index (χ4v) is 4.43. The molecule has 5 nitrogen and oxygen atoms in total. The van der Waals surface area contributed by atoms with Crippen molar-refractivity contribution in [1.82, 2.24) is 9.62 Å². The predicted molar refractivity (Wildman–Crippen MR) is 91.0 cm³/mol. The van der Waals surface area contributed by atoms with Crippen molar-refractivity contribution in [2.75, 3.05) is 19.6 Å². The largest absolute Gasteiger partial charge is 0.352 e. The molecule has 1 saturated heterocycles. The molecule has 1 N–H and O–H groups in total. The van der Waals surface area contributed by atoms with Gasteiger partial charge in [-0.15, -0.1) is 0 Å². The second-order valence-electron chi connectivity index (χ2n) is 6.53. The molecule has 1 aliphatic rings. The molecule has 0 unspecified atom stereocenters. The van der Waals surface area contributed by atoms with Crippen molar-refractivity contribution in [3.63, 3.8) is 0 Å². The van der Waals surface area contributed by atoms with Gasteiger partial charge in [0.15, 0.2) is 0 Å². The number of rotatable bonds is 6. The lowest BCUT2D eigenvalue weighted by Crippen LogP contribution is -2.29. The summed E-state index contributed by atoms with van der Waals surface area (Å²) in [7, 11) is -3.51. The molecule has 0 aliphatic carbocycles. The molecule has 1 heterocycles. The molecule has 6 heteroatoms. The van der Waals surface area contributed by atoms with Gasteiger partial charge in [0.05, 0.1) is 4.90 Å². The van der Waals surface area contributed by atoms with Crippen molar-refractivity contribution >= 4 is 15.9 Å². The average molecular weight is 338 g/mol. The summed E-state index contributed by atoms with van der Waals surface area (Å²) in [5.74, 6) is 0.294. The zero-order chi connectivity index (χ0) is 17.0. The van der Waals surface area contributed by atoms with Gasteiger partial charge in [0.25, 0.3) is 5.91 Å². The number of hydrogen-bond donors (Lipinski definition) is 1. The molecular formula is C17H26N2O3S. The van der Waals surface area contributed by atoms with Gasteiger partial charge in [0.2, 0.25) is 10.0 Å². The van der Waals surface area contributed by atoms with E-state index in [0.29, 0.717) is 36.7 Å². The molecule has 0 radical (unpaired) electrons. The van der Waals surface area contributed by atoms with Gasteiger partial charge in [-0.2, -0.15) is 4.31 Å². The van der Waals surface area contributed by atoms with E-state index in [2.05, 4.69) is 19.2 Å². The van der Waals surface area contributed by atoms with Crippen LogP contribution in [0.5, 0.6) is 0 Å². The smallest absolute Gasteiger partial charge is 0.251 e. The number of amides is 1. The SMILES string of the molecule is Cc1ccc(C(=O)NCCC(C)C)cc1S(=O)(=O)N1CCCC1. The highest BCUT2D eigenvalue weighted by molar-refractivity contribution is 7.89.